The van der Waals surface area contributed by atoms with E-state index in [4.69, 9.17) is 9.47 Å². The molecule has 10 heteroatoms. The summed E-state index contributed by atoms with van der Waals surface area (Å²) in [6.07, 6.45) is 1.59. The largest absolute Gasteiger partial charge is 0.493 e. The lowest BCUT2D eigenvalue weighted by atomic mass is 9.77. The van der Waals surface area contributed by atoms with E-state index in [1.165, 1.54) is 19.2 Å². The molecule has 4 atom stereocenters. The van der Waals surface area contributed by atoms with Crippen LogP contribution in [0.3, 0.4) is 0 Å². The minimum atomic E-state index is -1.39. The normalized spacial score (nSPS) is 25.8. The van der Waals surface area contributed by atoms with Crippen molar-refractivity contribution in [2.75, 3.05) is 19.0 Å². The average molecular weight is 582 g/mol. The first kappa shape index (κ1) is 24.8. The van der Waals surface area contributed by atoms with Crippen molar-refractivity contribution < 1.29 is 23.6 Å². The number of nitro groups is 1. The van der Waals surface area contributed by atoms with Gasteiger partial charge in [-0.3, -0.25) is 19.8 Å². The molecule has 0 unspecified atom stereocenters. The van der Waals surface area contributed by atoms with E-state index < -0.39 is 17.5 Å². The number of nitrogens with zero attached hydrogens (tertiary/aromatic N) is 2. The standard InChI is InChI=1S/C28H25BrFN3O5/c1-37-23-14-17(13-20(29)25(23)38-15-16-8-10-18(30)11-9-16)24-22-7-4-12-32(22)28(26(24)33(35)36)19-5-2-3-6-21(19)31-27(28)34/h2-3,5-6,8-11,13-14,22,24,26H,4,7,12,15H2,1H3,(H,31,34)/t22-,24+,26-,28-/m0/s1. The number of amides is 1. The van der Waals surface area contributed by atoms with Crippen LogP contribution < -0.4 is 14.8 Å². The quantitative estimate of drug-likeness (QED) is 0.316. The van der Waals surface area contributed by atoms with Crippen LogP contribution in [0.5, 0.6) is 11.5 Å². The minimum absolute atomic E-state index is 0.187. The molecule has 0 aliphatic carbocycles. The number of benzene rings is 3. The van der Waals surface area contributed by atoms with E-state index in [1.54, 1.807) is 24.3 Å². The molecule has 2 saturated heterocycles. The molecule has 8 nitrogen and oxygen atoms in total. The monoisotopic (exact) mass is 581 g/mol. The Bertz CT molecular complexity index is 1430. The van der Waals surface area contributed by atoms with Gasteiger partial charge in [0.25, 0.3) is 11.9 Å². The molecule has 3 heterocycles. The zero-order valence-corrected chi connectivity index (χ0v) is 22.1. The van der Waals surface area contributed by atoms with Crippen LogP contribution in [0.1, 0.15) is 35.4 Å². The van der Waals surface area contributed by atoms with Gasteiger partial charge in [-0.25, -0.2) is 4.39 Å². The molecular formula is C28H25BrFN3O5. The van der Waals surface area contributed by atoms with Gasteiger partial charge in [0.1, 0.15) is 12.4 Å². The molecular weight excluding hydrogens is 557 g/mol. The second-order valence-electron chi connectivity index (χ2n) is 9.87. The Morgan fingerprint density at radius 3 is 2.71 bits per heavy atom. The van der Waals surface area contributed by atoms with Gasteiger partial charge in [0.2, 0.25) is 0 Å². The predicted molar refractivity (Wildman–Crippen MR) is 141 cm³/mol. The zero-order valence-electron chi connectivity index (χ0n) is 20.5. The molecule has 1 spiro atoms. The van der Waals surface area contributed by atoms with Crippen LogP contribution in [0, 0.1) is 15.9 Å². The van der Waals surface area contributed by atoms with Gasteiger partial charge in [0, 0.05) is 28.8 Å². The molecule has 0 aromatic heterocycles. The van der Waals surface area contributed by atoms with Crippen molar-refractivity contribution in [3.05, 3.63) is 97.8 Å². The zero-order chi connectivity index (χ0) is 26.6. The van der Waals surface area contributed by atoms with E-state index in [0.717, 1.165) is 18.4 Å². The Labute approximate surface area is 227 Å². The summed E-state index contributed by atoms with van der Waals surface area (Å²) >= 11 is 3.59. The summed E-state index contributed by atoms with van der Waals surface area (Å²) in [5.41, 5.74) is 1.38. The van der Waals surface area contributed by atoms with Crippen LogP contribution in [-0.4, -0.2) is 41.5 Å². The highest BCUT2D eigenvalue weighted by atomic mass is 79.9. The third-order valence-electron chi connectivity index (χ3n) is 8.03. The summed E-state index contributed by atoms with van der Waals surface area (Å²) in [6.45, 7) is 0.788. The van der Waals surface area contributed by atoms with Crippen molar-refractivity contribution in [3.8, 4) is 11.5 Å². The van der Waals surface area contributed by atoms with Gasteiger partial charge in [-0.15, -0.1) is 0 Å². The van der Waals surface area contributed by atoms with E-state index in [-0.39, 0.29) is 29.3 Å². The number of fused-ring (bicyclic) bond motifs is 4. The van der Waals surface area contributed by atoms with Crippen molar-refractivity contribution in [3.63, 3.8) is 0 Å². The second-order valence-corrected chi connectivity index (χ2v) is 10.7. The Kier molecular flexibility index (Phi) is 6.11. The molecule has 2 fully saturated rings. The number of carbonyl (C=O) groups excluding carboxylic acids is 1. The van der Waals surface area contributed by atoms with Crippen molar-refractivity contribution in [1.82, 2.24) is 4.90 Å². The number of ether oxygens (including phenoxy) is 2. The predicted octanol–water partition coefficient (Wildman–Crippen LogP) is 5.23. The molecule has 3 aromatic rings. The first-order valence-electron chi connectivity index (χ1n) is 12.4. The number of anilines is 1. The summed E-state index contributed by atoms with van der Waals surface area (Å²) < 4.78 is 25.5. The van der Waals surface area contributed by atoms with Gasteiger partial charge < -0.3 is 14.8 Å². The second kappa shape index (κ2) is 9.36. The number of carbonyl (C=O) groups is 1. The number of para-hydroxylation sites is 1. The smallest absolute Gasteiger partial charge is 0.256 e. The van der Waals surface area contributed by atoms with Gasteiger partial charge in [-0.1, -0.05) is 30.3 Å². The number of rotatable bonds is 6. The Hall–Kier alpha value is -3.50. The van der Waals surface area contributed by atoms with Crippen LogP contribution in [0.4, 0.5) is 10.1 Å². The van der Waals surface area contributed by atoms with Crippen LogP contribution in [-0.2, 0) is 16.9 Å². The number of hydrogen-bond acceptors (Lipinski definition) is 6. The lowest BCUT2D eigenvalue weighted by Gasteiger charge is -2.32. The van der Waals surface area contributed by atoms with Gasteiger partial charge in [0.05, 0.1) is 17.5 Å². The molecule has 6 rings (SSSR count). The molecule has 3 aromatic carbocycles. The summed E-state index contributed by atoms with van der Waals surface area (Å²) in [4.78, 5) is 28.2. The molecule has 38 heavy (non-hydrogen) atoms. The van der Waals surface area contributed by atoms with Gasteiger partial charge in [-0.2, -0.15) is 0 Å². The van der Waals surface area contributed by atoms with E-state index in [9.17, 15) is 19.3 Å². The molecule has 0 radical (unpaired) electrons. The average Bonchev–Trinajstić information content (AvgIpc) is 3.57. The van der Waals surface area contributed by atoms with Gasteiger partial charge >= 0.3 is 0 Å². The highest BCUT2D eigenvalue weighted by Gasteiger charge is 2.73. The van der Waals surface area contributed by atoms with E-state index in [1.807, 2.05) is 29.2 Å². The minimum Gasteiger partial charge on any atom is -0.493 e. The number of halogens is 2. The lowest BCUT2D eigenvalue weighted by Crippen LogP contribution is -2.55. The Morgan fingerprint density at radius 2 is 1.97 bits per heavy atom. The molecule has 1 N–H and O–H groups in total. The Morgan fingerprint density at radius 1 is 1.21 bits per heavy atom. The maximum atomic E-state index is 13.6. The maximum absolute atomic E-state index is 13.6. The van der Waals surface area contributed by atoms with Crippen LogP contribution in [0.25, 0.3) is 0 Å². The third-order valence-corrected chi connectivity index (χ3v) is 8.62. The summed E-state index contributed by atoms with van der Waals surface area (Å²) in [6, 6.07) is 15.5. The lowest BCUT2D eigenvalue weighted by molar-refractivity contribution is -0.534. The summed E-state index contributed by atoms with van der Waals surface area (Å²) in [7, 11) is 1.51. The third kappa shape index (κ3) is 3.61. The topological polar surface area (TPSA) is 93.9 Å². The van der Waals surface area contributed by atoms with Gasteiger partial charge in [0.15, 0.2) is 17.0 Å². The summed E-state index contributed by atoms with van der Waals surface area (Å²) in [5, 5.41) is 15.7. The van der Waals surface area contributed by atoms with Crippen LogP contribution in [0.15, 0.2) is 65.1 Å². The fourth-order valence-corrected chi connectivity index (χ4v) is 7.16. The number of nitrogens with one attached hydrogen (secondary N) is 1. The highest BCUT2D eigenvalue weighted by molar-refractivity contribution is 9.10. The Balaban J connectivity index is 1.42. The van der Waals surface area contributed by atoms with Crippen LogP contribution in [0.2, 0.25) is 0 Å². The SMILES string of the molecule is COc1cc([C@H]2[C@H]([N+](=O)[O-])[C@@]3(C(=O)Nc4ccccc43)N3CCC[C@@H]23)cc(Br)c1OCc1ccc(F)cc1. The van der Waals surface area contributed by atoms with Crippen molar-refractivity contribution >= 4 is 27.5 Å². The molecule has 1 amide bonds. The molecule has 3 aliphatic rings. The van der Waals surface area contributed by atoms with Crippen molar-refractivity contribution in [2.24, 2.45) is 0 Å². The molecule has 0 bridgehead atoms. The van der Waals surface area contributed by atoms with Crippen molar-refractivity contribution in [2.45, 2.75) is 43.0 Å². The van der Waals surface area contributed by atoms with Crippen LogP contribution >= 0.6 is 15.9 Å². The first-order valence-corrected chi connectivity index (χ1v) is 13.2. The first-order chi connectivity index (χ1) is 18.4. The highest BCUT2D eigenvalue weighted by Crippen LogP contribution is 2.58. The molecule has 196 valence electrons. The van der Waals surface area contributed by atoms with Gasteiger partial charge in [-0.05, 0) is 70.2 Å². The molecule has 3 aliphatic heterocycles. The van der Waals surface area contributed by atoms with Crippen molar-refractivity contribution in [1.29, 1.82) is 0 Å². The molecule has 0 saturated carbocycles. The number of hydrogen-bond donors (Lipinski definition) is 1. The number of methoxy groups -OCH3 is 1. The fourth-order valence-electron chi connectivity index (χ4n) is 6.58. The van der Waals surface area contributed by atoms with E-state index in [2.05, 4.69) is 21.2 Å². The van der Waals surface area contributed by atoms with E-state index >= 15 is 0 Å². The fraction of sp³-hybridized carbons (Fsp3) is 0.321. The maximum Gasteiger partial charge on any atom is 0.256 e. The summed E-state index contributed by atoms with van der Waals surface area (Å²) in [5.74, 6) is -0.370. The van der Waals surface area contributed by atoms with E-state index in [0.29, 0.717) is 39.3 Å².